The van der Waals surface area contributed by atoms with Gasteiger partial charge in [0.05, 0.1) is 24.8 Å². The minimum absolute atomic E-state index is 0.259. The number of nitrogens with one attached hydrogen (secondary N) is 1. The van der Waals surface area contributed by atoms with E-state index in [1.165, 1.54) is 0 Å². The molecule has 0 fully saturated rings. The van der Waals surface area contributed by atoms with Crippen molar-refractivity contribution < 1.29 is 19.1 Å². The first-order valence-corrected chi connectivity index (χ1v) is 8.22. The van der Waals surface area contributed by atoms with E-state index in [-0.39, 0.29) is 5.91 Å². The van der Waals surface area contributed by atoms with Crippen LogP contribution in [0.15, 0.2) is 46.9 Å². The van der Waals surface area contributed by atoms with Gasteiger partial charge in [0.15, 0.2) is 0 Å². The Morgan fingerprint density at radius 2 is 2.08 bits per heavy atom. The molecule has 0 bridgehead atoms. The standard InChI is InChI=1S/C20H19NO4/c1-11-18(15-10-13(24-2)7-8-17(15)25-11)20(23)21-19-14-6-4-3-5-12(14)9-16(19)22/h3-8,10,16,19,22H,9H2,1-2H3,(H,21,23)/t16-,19+/m1/s1. The van der Waals surface area contributed by atoms with Crippen molar-refractivity contribution in [2.75, 3.05) is 7.11 Å². The molecule has 2 aromatic carbocycles. The Labute approximate surface area is 145 Å². The first kappa shape index (κ1) is 15.7. The van der Waals surface area contributed by atoms with Crippen LogP contribution in [0.25, 0.3) is 11.0 Å². The van der Waals surface area contributed by atoms with Crippen LogP contribution >= 0.6 is 0 Å². The minimum Gasteiger partial charge on any atom is -0.497 e. The number of ether oxygens (including phenoxy) is 1. The Morgan fingerprint density at radius 1 is 1.28 bits per heavy atom. The van der Waals surface area contributed by atoms with Crippen LogP contribution < -0.4 is 10.1 Å². The molecule has 1 heterocycles. The van der Waals surface area contributed by atoms with Crippen molar-refractivity contribution >= 4 is 16.9 Å². The highest BCUT2D eigenvalue weighted by Gasteiger charge is 2.33. The third-order valence-electron chi connectivity index (χ3n) is 4.79. The lowest BCUT2D eigenvalue weighted by molar-refractivity contribution is 0.0858. The molecule has 1 aliphatic carbocycles. The second-order valence-electron chi connectivity index (χ2n) is 6.32. The number of rotatable bonds is 3. The summed E-state index contributed by atoms with van der Waals surface area (Å²) in [4.78, 5) is 12.9. The van der Waals surface area contributed by atoms with Gasteiger partial charge in [-0.3, -0.25) is 4.79 Å². The van der Waals surface area contributed by atoms with E-state index in [1.807, 2.05) is 24.3 Å². The maximum atomic E-state index is 12.9. The first-order chi connectivity index (χ1) is 12.1. The third-order valence-corrected chi connectivity index (χ3v) is 4.79. The monoisotopic (exact) mass is 337 g/mol. The molecule has 1 aliphatic rings. The Bertz CT molecular complexity index is 959. The Morgan fingerprint density at radius 3 is 2.88 bits per heavy atom. The van der Waals surface area contributed by atoms with E-state index in [4.69, 9.17) is 9.15 Å². The van der Waals surface area contributed by atoms with Crippen LogP contribution in [0.2, 0.25) is 0 Å². The van der Waals surface area contributed by atoms with Crippen LogP contribution in [-0.2, 0) is 6.42 Å². The number of furan rings is 1. The van der Waals surface area contributed by atoms with E-state index in [0.717, 1.165) is 11.1 Å². The molecule has 0 aliphatic heterocycles. The number of carbonyl (C=O) groups is 1. The van der Waals surface area contributed by atoms with E-state index >= 15 is 0 Å². The number of aryl methyl sites for hydroxylation is 1. The molecule has 2 atom stereocenters. The summed E-state index contributed by atoms with van der Waals surface area (Å²) < 4.78 is 11.0. The number of aliphatic hydroxyl groups excluding tert-OH is 1. The van der Waals surface area contributed by atoms with E-state index in [1.54, 1.807) is 32.2 Å². The molecule has 2 N–H and O–H groups in total. The highest BCUT2D eigenvalue weighted by Crippen LogP contribution is 2.33. The Kier molecular flexibility index (Phi) is 3.73. The van der Waals surface area contributed by atoms with Crippen LogP contribution in [0, 0.1) is 6.92 Å². The summed E-state index contributed by atoms with van der Waals surface area (Å²) >= 11 is 0. The van der Waals surface area contributed by atoms with Gasteiger partial charge in [-0.15, -0.1) is 0 Å². The summed E-state index contributed by atoms with van der Waals surface area (Å²) in [5, 5.41) is 14.0. The summed E-state index contributed by atoms with van der Waals surface area (Å²) in [5.74, 6) is 0.945. The maximum absolute atomic E-state index is 12.9. The zero-order chi connectivity index (χ0) is 17.6. The molecule has 0 saturated heterocycles. The van der Waals surface area contributed by atoms with E-state index in [0.29, 0.717) is 34.5 Å². The van der Waals surface area contributed by atoms with Crippen LogP contribution in [0.4, 0.5) is 0 Å². The molecule has 0 saturated carbocycles. The SMILES string of the molecule is COc1ccc2oc(C)c(C(=O)N[C@H]3c4ccccc4C[C@H]3O)c2c1. The number of hydrogen-bond donors (Lipinski definition) is 2. The number of benzene rings is 2. The predicted octanol–water partition coefficient (Wildman–Crippen LogP) is 3.14. The smallest absolute Gasteiger partial charge is 0.256 e. The minimum atomic E-state index is -0.630. The zero-order valence-corrected chi connectivity index (χ0v) is 14.1. The van der Waals surface area contributed by atoms with E-state index < -0.39 is 12.1 Å². The predicted molar refractivity (Wildman–Crippen MR) is 93.9 cm³/mol. The quantitative estimate of drug-likeness (QED) is 0.770. The topological polar surface area (TPSA) is 71.7 Å². The van der Waals surface area contributed by atoms with Crippen molar-refractivity contribution in [1.82, 2.24) is 5.32 Å². The summed E-state index contributed by atoms with van der Waals surface area (Å²) in [6.45, 7) is 1.76. The number of fused-ring (bicyclic) bond motifs is 2. The molecule has 0 spiro atoms. The zero-order valence-electron chi connectivity index (χ0n) is 14.1. The first-order valence-electron chi connectivity index (χ1n) is 8.22. The molecule has 1 amide bonds. The maximum Gasteiger partial charge on any atom is 0.256 e. The van der Waals surface area contributed by atoms with Crippen LogP contribution in [-0.4, -0.2) is 24.2 Å². The summed E-state index contributed by atoms with van der Waals surface area (Å²) in [5.41, 5.74) is 3.14. The fourth-order valence-corrected chi connectivity index (χ4v) is 3.57. The molecule has 3 aromatic rings. The second-order valence-corrected chi connectivity index (χ2v) is 6.32. The lowest BCUT2D eigenvalue weighted by atomic mass is 10.1. The molecule has 25 heavy (non-hydrogen) atoms. The molecule has 5 heteroatoms. The molecular formula is C20H19NO4. The fourth-order valence-electron chi connectivity index (χ4n) is 3.57. The van der Waals surface area contributed by atoms with Crippen molar-refractivity contribution in [3.8, 4) is 5.75 Å². The number of aliphatic hydroxyl groups is 1. The van der Waals surface area contributed by atoms with Gasteiger partial charge in [-0.25, -0.2) is 0 Å². The number of amides is 1. The molecule has 5 nitrogen and oxygen atoms in total. The van der Waals surface area contributed by atoms with Crippen molar-refractivity contribution in [2.24, 2.45) is 0 Å². The van der Waals surface area contributed by atoms with Crippen molar-refractivity contribution in [2.45, 2.75) is 25.5 Å². The number of carbonyl (C=O) groups excluding carboxylic acids is 1. The van der Waals surface area contributed by atoms with Gasteiger partial charge in [0.1, 0.15) is 17.1 Å². The van der Waals surface area contributed by atoms with Crippen LogP contribution in [0.3, 0.4) is 0 Å². The van der Waals surface area contributed by atoms with Crippen LogP contribution in [0.5, 0.6) is 5.75 Å². The largest absolute Gasteiger partial charge is 0.497 e. The lowest BCUT2D eigenvalue weighted by Crippen LogP contribution is -2.34. The molecule has 0 unspecified atom stereocenters. The summed E-state index contributed by atoms with van der Waals surface area (Å²) in [6.07, 6.45) is -0.0885. The lowest BCUT2D eigenvalue weighted by Gasteiger charge is -2.18. The van der Waals surface area contributed by atoms with Gasteiger partial charge in [-0.05, 0) is 36.2 Å². The molecular weight excluding hydrogens is 318 g/mol. The summed E-state index contributed by atoms with van der Waals surface area (Å²) in [6, 6.07) is 12.7. The third kappa shape index (κ3) is 2.57. The molecule has 4 rings (SSSR count). The normalized spacial score (nSPS) is 19.0. The molecule has 0 radical (unpaired) electrons. The highest BCUT2D eigenvalue weighted by atomic mass is 16.5. The molecule has 128 valence electrons. The van der Waals surface area contributed by atoms with Gasteiger partial charge in [0, 0.05) is 11.8 Å². The van der Waals surface area contributed by atoms with E-state index in [9.17, 15) is 9.90 Å². The van der Waals surface area contributed by atoms with E-state index in [2.05, 4.69) is 5.32 Å². The van der Waals surface area contributed by atoms with Gasteiger partial charge in [0.25, 0.3) is 5.91 Å². The Balaban J connectivity index is 1.70. The van der Waals surface area contributed by atoms with Gasteiger partial charge in [0.2, 0.25) is 0 Å². The number of hydrogen-bond acceptors (Lipinski definition) is 4. The average molecular weight is 337 g/mol. The van der Waals surface area contributed by atoms with Gasteiger partial charge < -0.3 is 19.6 Å². The number of methoxy groups -OCH3 is 1. The highest BCUT2D eigenvalue weighted by molar-refractivity contribution is 6.07. The average Bonchev–Trinajstić information content (AvgIpc) is 3.10. The van der Waals surface area contributed by atoms with Gasteiger partial charge in [-0.1, -0.05) is 24.3 Å². The molecule has 1 aromatic heterocycles. The Hall–Kier alpha value is -2.79. The second kappa shape index (κ2) is 5.93. The fraction of sp³-hybridized carbons (Fsp3) is 0.250. The summed E-state index contributed by atoms with van der Waals surface area (Å²) in [7, 11) is 1.58. The van der Waals surface area contributed by atoms with Crippen molar-refractivity contribution in [1.29, 1.82) is 0 Å². The van der Waals surface area contributed by atoms with Gasteiger partial charge >= 0.3 is 0 Å². The van der Waals surface area contributed by atoms with Crippen molar-refractivity contribution in [3.63, 3.8) is 0 Å². The van der Waals surface area contributed by atoms with Crippen LogP contribution in [0.1, 0.15) is 33.3 Å². The van der Waals surface area contributed by atoms with Gasteiger partial charge in [-0.2, -0.15) is 0 Å². The van der Waals surface area contributed by atoms with Crippen molar-refractivity contribution in [3.05, 3.63) is 64.9 Å².